The van der Waals surface area contributed by atoms with Crippen LogP contribution in [0, 0.1) is 51.2 Å². The zero-order chi connectivity index (χ0) is 34.3. The number of carbonyl (C=O) groups excluding carboxylic acids is 1. The molecular weight excluding hydrogens is 596 g/mol. The highest BCUT2D eigenvalue weighted by Crippen LogP contribution is 2.76. The maximum Gasteiger partial charge on any atom is 0.335 e. The number of nitrogens with one attached hydrogen (secondary N) is 1. The van der Waals surface area contributed by atoms with E-state index in [9.17, 15) is 14.7 Å². The van der Waals surface area contributed by atoms with E-state index < -0.39 is 5.97 Å². The van der Waals surface area contributed by atoms with Crippen LogP contribution in [0.2, 0.25) is 0 Å². The lowest BCUT2D eigenvalue weighted by Gasteiger charge is -2.72. The Balaban J connectivity index is 1.18. The van der Waals surface area contributed by atoms with Gasteiger partial charge in [0.05, 0.1) is 25.3 Å². The van der Waals surface area contributed by atoms with Crippen LogP contribution in [0.4, 0.5) is 0 Å². The fourth-order valence-electron chi connectivity index (χ4n) is 13.5. The quantitative estimate of drug-likeness (QED) is 0.302. The summed E-state index contributed by atoms with van der Waals surface area (Å²) in [4.78, 5) is 27.5. The first-order valence-electron chi connectivity index (χ1n) is 19.0. The van der Waals surface area contributed by atoms with Crippen molar-refractivity contribution >= 4 is 17.4 Å². The molecule has 0 spiro atoms. The van der Waals surface area contributed by atoms with Crippen molar-refractivity contribution in [1.82, 2.24) is 10.2 Å². The normalized spacial score (nSPS) is 42.0. The summed E-state index contributed by atoms with van der Waals surface area (Å²) >= 11 is 0. The van der Waals surface area contributed by atoms with Gasteiger partial charge < -0.3 is 15.2 Å². The van der Waals surface area contributed by atoms with Crippen LogP contribution in [0.15, 0.2) is 42.5 Å². The lowest BCUT2D eigenvalue weighted by Crippen LogP contribution is -2.68. The molecule has 5 fully saturated rings. The Labute approximate surface area is 289 Å². The third-order valence-corrected chi connectivity index (χ3v) is 15.9. The Bertz CT molecular complexity index is 1490. The summed E-state index contributed by atoms with van der Waals surface area (Å²) in [5.74, 6) is 2.04. The summed E-state index contributed by atoms with van der Waals surface area (Å²) in [5.41, 5.74) is 4.74. The largest absolute Gasteiger partial charge is 0.478 e. The van der Waals surface area contributed by atoms with Crippen molar-refractivity contribution in [2.45, 2.75) is 105 Å². The Hall–Kier alpha value is -2.44. The molecule has 7 rings (SSSR count). The van der Waals surface area contributed by atoms with Gasteiger partial charge in [0, 0.05) is 18.6 Å². The predicted octanol–water partition coefficient (Wildman–Crippen LogP) is 8.24. The molecule has 4 saturated carbocycles. The monoisotopic (exact) mass is 656 g/mol. The lowest BCUT2D eigenvalue weighted by molar-refractivity contribution is -0.219. The summed E-state index contributed by atoms with van der Waals surface area (Å²) < 4.78 is 5.55. The number of benzene rings is 1. The number of carboxylic acid groups (broad SMARTS) is 1. The molecule has 0 aromatic heterocycles. The number of nitrogens with zero attached hydrogens (tertiary/aromatic N) is 1. The minimum absolute atomic E-state index is 0.000193. The van der Waals surface area contributed by atoms with Crippen LogP contribution in [-0.2, 0) is 9.53 Å². The second-order valence-electron chi connectivity index (χ2n) is 18.2. The Morgan fingerprint density at radius 3 is 2.29 bits per heavy atom. The average molecular weight is 657 g/mol. The third-order valence-electron chi connectivity index (χ3n) is 15.9. The van der Waals surface area contributed by atoms with Gasteiger partial charge in [-0.1, -0.05) is 65.0 Å². The summed E-state index contributed by atoms with van der Waals surface area (Å²) in [6.07, 6.45) is 13.0. The fourth-order valence-corrected chi connectivity index (χ4v) is 13.5. The minimum atomic E-state index is -0.871. The average Bonchev–Trinajstić information content (AvgIpc) is 3.41. The molecule has 9 unspecified atom stereocenters. The first-order chi connectivity index (χ1) is 22.7. The highest BCUT2D eigenvalue weighted by atomic mass is 16.5. The Morgan fingerprint density at radius 1 is 0.917 bits per heavy atom. The molecular formula is C42H60N2O4. The van der Waals surface area contributed by atoms with Crippen molar-refractivity contribution in [2.24, 2.45) is 51.2 Å². The smallest absolute Gasteiger partial charge is 0.335 e. The topological polar surface area (TPSA) is 78.9 Å². The molecule has 6 aliphatic rings. The number of aromatic carboxylic acids is 1. The molecule has 48 heavy (non-hydrogen) atoms. The fraction of sp³-hybridized carbons (Fsp3) is 0.714. The molecule has 0 bridgehead atoms. The van der Waals surface area contributed by atoms with Crippen molar-refractivity contribution in [3.8, 4) is 0 Å². The number of amides is 1. The molecule has 262 valence electrons. The lowest BCUT2D eigenvalue weighted by atomic mass is 9.33. The van der Waals surface area contributed by atoms with Gasteiger partial charge in [0.25, 0.3) is 0 Å². The number of hydrogen-bond acceptors (Lipinski definition) is 4. The maximum atomic E-state index is 13.7. The van der Waals surface area contributed by atoms with E-state index in [1.807, 2.05) is 12.1 Å². The SMILES string of the molecule is C=C(C)C1CCC2(NC(=O)CN3CCOCC3)CCC3(C)C(CCC4C5(C)CC=C(c6ccc(C(=O)O)cc6)C(C)(C)C5CCC43C)C12. The number of rotatable bonds is 6. The highest BCUT2D eigenvalue weighted by molar-refractivity contribution is 5.88. The molecule has 2 N–H and O–H groups in total. The van der Waals surface area contributed by atoms with Gasteiger partial charge in [-0.3, -0.25) is 9.69 Å². The molecule has 6 nitrogen and oxygen atoms in total. The Morgan fingerprint density at radius 2 is 1.62 bits per heavy atom. The zero-order valence-corrected chi connectivity index (χ0v) is 30.5. The Kier molecular flexibility index (Phi) is 8.38. The van der Waals surface area contributed by atoms with E-state index >= 15 is 0 Å². The number of hydrogen-bond donors (Lipinski definition) is 2. The van der Waals surface area contributed by atoms with Crippen LogP contribution in [0.3, 0.4) is 0 Å². The number of carboxylic acids is 1. The standard InChI is InChI=1S/C42H60N2O4/c1-27(2)30-14-19-42(43-35(45)26-44-22-24-48-25-23-44)21-20-40(6)32(36(30)42)12-13-34-39(5)17-15-31(28-8-10-29(11-9-28)37(46)47)38(3,4)33(39)16-18-41(34,40)7/h8-11,15,30,32-34,36H,1,12-14,16-26H2,2-7H3,(H,43,45)(H,46,47). The van der Waals surface area contributed by atoms with E-state index in [2.05, 4.69) is 64.4 Å². The van der Waals surface area contributed by atoms with Crippen LogP contribution in [0.5, 0.6) is 0 Å². The van der Waals surface area contributed by atoms with Gasteiger partial charge in [0.15, 0.2) is 0 Å². The van der Waals surface area contributed by atoms with E-state index in [4.69, 9.17) is 4.74 Å². The molecule has 1 amide bonds. The van der Waals surface area contributed by atoms with Crippen molar-refractivity contribution < 1.29 is 19.4 Å². The molecule has 1 aromatic rings. The van der Waals surface area contributed by atoms with Gasteiger partial charge in [0.2, 0.25) is 5.91 Å². The van der Waals surface area contributed by atoms with Gasteiger partial charge in [-0.2, -0.15) is 0 Å². The number of allylic oxidation sites excluding steroid dienone is 3. The molecule has 1 aromatic carbocycles. The molecule has 0 radical (unpaired) electrons. The minimum Gasteiger partial charge on any atom is -0.478 e. The first-order valence-corrected chi connectivity index (χ1v) is 19.0. The second-order valence-corrected chi connectivity index (χ2v) is 18.2. The molecule has 5 aliphatic carbocycles. The second kappa shape index (κ2) is 11.8. The summed E-state index contributed by atoms with van der Waals surface area (Å²) in [5, 5.41) is 13.2. The summed E-state index contributed by atoms with van der Waals surface area (Å²) in [6, 6.07) is 7.56. The zero-order valence-electron chi connectivity index (χ0n) is 30.5. The highest BCUT2D eigenvalue weighted by Gasteiger charge is 2.70. The van der Waals surface area contributed by atoms with Crippen LogP contribution in [0.1, 0.15) is 115 Å². The van der Waals surface area contributed by atoms with Gasteiger partial charge in [0.1, 0.15) is 0 Å². The number of fused-ring (bicyclic) bond motifs is 7. The predicted molar refractivity (Wildman–Crippen MR) is 191 cm³/mol. The van der Waals surface area contributed by atoms with Crippen LogP contribution >= 0.6 is 0 Å². The molecule has 6 heteroatoms. The van der Waals surface area contributed by atoms with E-state index in [0.29, 0.717) is 54.9 Å². The van der Waals surface area contributed by atoms with E-state index in [0.717, 1.165) is 38.8 Å². The van der Waals surface area contributed by atoms with Gasteiger partial charge in [-0.05, 0) is 139 Å². The molecule has 9 atom stereocenters. The first kappa shape index (κ1) is 34.0. The van der Waals surface area contributed by atoms with Gasteiger partial charge in [-0.15, -0.1) is 0 Å². The van der Waals surface area contributed by atoms with E-state index in [1.54, 1.807) is 12.1 Å². The van der Waals surface area contributed by atoms with Gasteiger partial charge >= 0.3 is 5.97 Å². The van der Waals surface area contributed by atoms with Crippen LogP contribution < -0.4 is 5.32 Å². The molecule has 1 aliphatic heterocycles. The van der Waals surface area contributed by atoms with Crippen molar-refractivity contribution in [2.75, 3.05) is 32.8 Å². The van der Waals surface area contributed by atoms with E-state index in [-0.39, 0.29) is 33.1 Å². The summed E-state index contributed by atoms with van der Waals surface area (Å²) in [6.45, 7) is 23.2. The molecule has 1 saturated heterocycles. The van der Waals surface area contributed by atoms with Crippen molar-refractivity contribution in [3.63, 3.8) is 0 Å². The van der Waals surface area contributed by atoms with E-state index in [1.165, 1.54) is 48.8 Å². The molecule has 1 heterocycles. The number of morpholine rings is 1. The van der Waals surface area contributed by atoms with Gasteiger partial charge in [-0.25, -0.2) is 4.79 Å². The van der Waals surface area contributed by atoms with Crippen molar-refractivity contribution in [3.05, 3.63) is 53.6 Å². The number of ether oxygens (including phenoxy) is 1. The summed E-state index contributed by atoms with van der Waals surface area (Å²) in [7, 11) is 0. The third kappa shape index (κ3) is 5.00. The van der Waals surface area contributed by atoms with Crippen molar-refractivity contribution in [1.29, 1.82) is 0 Å². The van der Waals surface area contributed by atoms with Crippen LogP contribution in [-0.4, -0.2) is 60.3 Å². The van der Waals surface area contributed by atoms with Crippen LogP contribution in [0.25, 0.3) is 5.57 Å². The maximum absolute atomic E-state index is 13.7. The number of carbonyl (C=O) groups is 2.